The summed E-state index contributed by atoms with van der Waals surface area (Å²) in [7, 11) is 3.90. The highest BCUT2D eigenvalue weighted by Gasteiger charge is 2.54. The number of likely N-dealkylation sites (N-methyl/N-ethyl adjacent to an activating group) is 1. The molecule has 0 spiro atoms. The molecule has 0 radical (unpaired) electrons. The molecule has 4 heterocycles. The molecule has 2 aromatic heterocycles. The zero-order valence-electron chi connectivity index (χ0n) is 20.1. The molecule has 1 fully saturated rings. The molecule has 15 nitrogen and oxygen atoms in total. The van der Waals surface area contributed by atoms with E-state index in [1.165, 1.54) is 18.2 Å². The number of β-lactam (4-membered cyclic amide) rings is 1. The fourth-order valence-electron chi connectivity index (χ4n) is 3.76. The van der Waals surface area contributed by atoms with E-state index in [9.17, 15) is 23.9 Å². The number of allylic oxidation sites excluding steroid dienone is 1. The molecule has 4 N–H and O–H groups in total. The molecule has 2 aromatic rings. The van der Waals surface area contributed by atoms with E-state index in [0.29, 0.717) is 29.0 Å². The lowest BCUT2D eigenvalue weighted by Gasteiger charge is -2.49. The number of quaternary nitrogens is 1. The van der Waals surface area contributed by atoms with E-state index in [1.54, 1.807) is 6.08 Å². The minimum Gasteiger partial charge on any atom is -0.477 e. The average Bonchev–Trinajstić information content (AvgIpc) is 3.53. The van der Waals surface area contributed by atoms with Gasteiger partial charge in [-0.1, -0.05) is 11.2 Å². The number of oxime groups is 1. The van der Waals surface area contributed by atoms with Crippen LogP contribution in [0.2, 0.25) is 0 Å². The predicted octanol–water partition coefficient (Wildman–Crippen LogP) is -0.278. The van der Waals surface area contributed by atoms with Gasteiger partial charge in [-0.15, -0.1) is 22.0 Å². The number of aromatic nitrogens is 4. The summed E-state index contributed by atoms with van der Waals surface area (Å²) in [6.45, 7) is -0.304. The van der Waals surface area contributed by atoms with Gasteiger partial charge in [-0.25, -0.2) is 9.18 Å². The van der Waals surface area contributed by atoms with Crippen molar-refractivity contribution in [2.24, 2.45) is 5.16 Å². The number of anilines is 1. The van der Waals surface area contributed by atoms with E-state index in [2.05, 4.69) is 34.9 Å². The number of hydrogen-bond acceptors (Lipinski definition) is 13. The maximum Gasteiger partial charge on any atom is 0.352 e. The van der Waals surface area contributed by atoms with Crippen LogP contribution in [0, 0.1) is 0 Å². The third-order valence-corrected chi connectivity index (χ3v) is 7.29. The second-order valence-corrected chi connectivity index (χ2v) is 10.6. The first-order valence-electron chi connectivity index (χ1n) is 10.9. The van der Waals surface area contributed by atoms with Crippen molar-refractivity contribution in [1.82, 2.24) is 29.8 Å². The van der Waals surface area contributed by atoms with Crippen molar-refractivity contribution in [3.05, 3.63) is 41.5 Å². The van der Waals surface area contributed by atoms with Crippen molar-refractivity contribution < 1.29 is 37.6 Å². The van der Waals surface area contributed by atoms with Crippen LogP contribution in [-0.2, 0) is 25.8 Å². The van der Waals surface area contributed by atoms with Crippen LogP contribution in [0.25, 0.3) is 0 Å². The molecule has 18 heteroatoms. The molecular weight excluding hydrogens is 545 g/mol. The zero-order valence-corrected chi connectivity index (χ0v) is 21.7. The third-order valence-electron chi connectivity index (χ3n) is 5.45. The number of carboxylic acid groups (broad SMARTS) is 1. The van der Waals surface area contributed by atoms with Crippen molar-refractivity contribution in [3.8, 4) is 0 Å². The Morgan fingerprint density at radius 1 is 1.47 bits per heavy atom. The second kappa shape index (κ2) is 11.2. The maximum absolute atomic E-state index is 12.9. The second-order valence-electron chi connectivity index (χ2n) is 8.69. The highest BCUT2D eigenvalue weighted by Crippen LogP contribution is 2.40. The summed E-state index contributed by atoms with van der Waals surface area (Å²) >= 11 is 2.08. The fourth-order valence-corrected chi connectivity index (χ4v) is 5.51. The quantitative estimate of drug-likeness (QED) is 0.139. The number of alkyl halides is 1. The Kier molecular flexibility index (Phi) is 8.02. The Hall–Kier alpha value is -3.90. The number of fused-ring (bicyclic) bond motifs is 1. The van der Waals surface area contributed by atoms with Crippen molar-refractivity contribution in [2.45, 2.75) is 18.0 Å². The Bertz CT molecular complexity index is 1310. The Morgan fingerprint density at radius 2 is 2.26 bits per heavy atom. The first-order chi connectivity index (χ1) is 18.1. The normalized spacial score (nSPS) is 19.9. The van der Waals surface area contributed by atoms with Gasteiger partial charge < -0.3 is 29.9 Å². The molecule has 2 amide bonds. The number of carboxylic acids is 1. The molecule has 2 atom stereocenters. The summed E-state index contributed by atoms with van der Waals surface area (Å²) in [5.74, 6) is -2.23. The summed E-state index contributed by atoms with van der Waals surface area (Å²) < 4.78 is 22.0. The number of hydrogen-bond donors (Lipinski definition) is 3. The Labute approximate surface area is 223 Å². The van der Waals surface area contributed by atoms with E-state index in [4.69, 9.17) is 10.2 Å². The standard InChI is InChI=1S/C20H22FN9O6S2/c1-30(2,6-11-26-23-9-35-11)5-3-4-10-7-37-18-13(17(32)29(18)14(10)19(33)34)24-16(31)12(27-36-8-21)15-25-20(22)38-28-15/h3-4,9,13,18H,5-8H2,1-2H3,(H3-,22,24,25,28,31,33,34)/p+1/b4-3+,27-12-/t13-,18+/m1/s1. The van der Waals surface area contributed by atoms with Gasteiger partial charge in [-0.05, 0) is 11.6 Å². The molecule has 0 aromatic carbocycles. The van der Waals surface area contributed by atoms with E-state index >= 15 is 0 Å². The summed E-state index contributed by atoms with van der Waals surface area (Å²) in [5.41, 5.74) is 5.36. The molecule has 0 aliphatic carbocycles. The van der Waals surface area contributed by atoms with Crippen LogP contribution in [-0.4, -0.2) is 102 Å². The monoisotopic (exact) mass is 568 g/mol. The lowest BCUT2D eigenvalue weighted by molar-refractivity contribution is -0.899. The van der Waals surface area contributed by atoms with Gasteiger partial charge in [-0.2, -0.15) is 9.36 Å². The molecule has 0 saturated carbocycles. The van der Waals surface area contributed by atoms with Crippen LogP contribution in [0.15, 0.2) is 39.4 Å². The predicted molar refractivity (Wildman–Crippen MR) is 132 cm³/mol. The van der Waals surface area contributed by atoms with Crippen LogP contribution in [0.1, 0.15) is 11.7 Å². The van der Waals surface area contributed by atoms with Crippen LogP contribution in [0.3, 0.4) is 0 Å². The van der Waals surface area contributed by atoms with Crippen LogP contribution in [0.4, 0.5) is 9.52 Å². The number of nitrogens with one attached hydrogen (secondary N) is 1. The number of carbonyl (C=O) groups excluding carboxylic acids is 2. The topological polar surface area (TPSA) is 199 Å². The number of halogens is 1. The third kappa shape index (κ3) is 5.81. The molecule has 202 valence electrons. The van der Waals surface area contributed by atoms with E-state index in [-0.39, 0.29) is 22.4 Å². The van der Waals surface area contributed by atoms with Crippen molar-refractivity contribution in [3.63, 3.8) is 0 Å². The zero-order chi connectivity index (χ0) is 27.4. The Morgan fingerprint density at radius 3 is 2.89 bits per heavy atom. The number of thioether (sulfide) groups is 1. The lowest BCUT2D eigenvalue weighted by Crippen LogP contribution is -2.71. The summed E-state index contributed by atoms with van der Waals surface area (Å²) in [6.07, 6.45) is 4.75. The average molecular weight is 569 g/mol. The van der Waals surface area contributed by atoms with Crippen LogP contribution >= 0.6 is 23.3 Å². The molecule has 2 aliphatic rings. The molecule has 38 heavy (non-hydrogen) atoms. The maximum atomic E-state index is 12.9. The molecule has 0 unspecified atom stereocenters. The smallest absolute Gasteiger partial charge is 0.352 e. The van der Waals surface area contributed by atoms with Gasteiger partial charge in [0.2, 0.25) is 17.9 Å². The Balaban J connectivity index is 1.46. The van der Waals surface area contributed by atoms with Gasteiger partial charge >= 0.3 is 5.97 Å². The fraction of sp³-hybridized carbons (Fsp3) is 0.400. The summed E-state index contributed by atoms with van der Waals surface area (Å²) in [4.78, 5) is 47.2. The van der Waals surface area contributed by atoms with Gasteiger partial charge in [0.05, 0.1) is 20.6 Å². The molecule has 2 aliphatic heterocycles. The van der Waals surface area contributed by atoms with Crippen LogP contribution in [0.5, 0.6) is 0 Å². The van der Waals surface area contributed by atoms with Gasteiger partial charge in [0.1, 0.15) is 17.1 Å². The first-order valence-corrected chi connectivity index (χ1v) is 12.7. The SMILES string of the molecule is C[N+](C)(C/C=C/C1=C(C(=O)O)N2C(=O)[C@@H](NC(=O)/C(=N\OCF)c3nsc(N)n3)[C@@H]2SC1)Cc1nnco1. The van der Waals surface area contributed by atoms with E-state index in [0.717, 1.165) is 16.4 Å². The number of carbonyl (C=O) groups is 3. The van der Waals surface area contributed by atoms with Crippen molar-refractivity contribution >= 4 is 51.9 Å². The number of nitrogen functional groups attached to an aromatic ring is 1. The number of amides is 2. The summed E-state index contributed by atoms with van der Waals surface area (Å²) in [6, 6.07) is -1.05. The molecular formula is C20H23FN9O6S2+. The number of aliphatic carboxylic acids is 1. The highest BCUT2D eigenvalue weighted by atomic mass is 32.2. The molecule has 1 saturated heterocycles. The summed E-state index contributed by atoms with van der Waals surface area (Å²) in [5, 5.41) is 22.7. The van der Waals surface area contributed by atoms with Crippen LogP contribution < -0.4 is 11.1 Å². The van der Waals surface area contributed by atoms with Gasteiger partial charge in [0.25, 0.3) is 24.6 Å². The minimum absolute atomic E-state index is 0.0446. The van der Waals surface area contributed by atoms with E-state index in [1.807, 2.05) is 20.2 Å². The number of nitrogens with zero attached hydrogens (tertiary/aromatic N) is 7. The molecule has 4 rings (SSSR count). The van der Waals surface area contributed by atoms with E-state index < -0.39 is 41.8 Å². The van der Waals surface area contributed by atoms with Crippen molar-refractivity contribution in [2.75, 3.05) is 39.0 Å². The van der Waals surface area contributed by atoms with Crippen molar-refractivity contribution in [1.29, 1.82) is 0 Å². The number of nitrogens with two attached hydrogens (primary N) is 1. The minimum atomic E-state index is -1.30. The first kappa shape index (κ1) is 27.1. The van der Waals surface area contributed by atoms with Gasteiger partial charge in [0.15, 0.2) is 11.7 Å². The largest absolute Gasteiger partial charge is 0.477 e. The van der Waals surface area contributed by atoms with Gasteiger partial charge in [-0.3, -0.25) is 14.5 Å². The lowest BCUT2D eigenvalue weighted by atomic mass is 10.0. The number of rotatable bonds is 11. The highest BCUT2D eigenvalue weighted by molar-refractivity contribution is 8.00. The van der Waals surface area contributed by atoms with Gasteiger partial charge in [0, 0.05) is 17.3 Å². The molecule has 0 bridgehead atoms.